The van der Waals surface area contributed by atoms with Gasteiger partial charge in [0.15, 0.2) is 0 Å². The van der Waals surface area contributed by atoms with Crippen LogP contribution in [0.4, 0.5) is 5.69 Å². The highest BCUT2D eigenvalue weighted by Gasteiger charge is 2.16. The summed E-state index contributed by atoms with van der Waals surface area (Å²) in [7, 11) is 0. The Labute approximate surface area is 203 Å². The fraction of sp³-hybridized carbons (Fsp3) is 0.500. The van der Waals surface area contributed by atoms with Crippen LogP contribution in [-0.2, 0) is 6.42 Å². The van der Waals surface area contributed by atoms with E-state index >= 15 is 0 Å². The van der Waals surface area contributed by atoms with E-state index in [-0.39, 0.29) is 0 Å². The highest BCUT2D eigenvalue weighted by atomic mass is 14.9. The van der Waals surface area contributed by atoms with Crippen molar-refractivity contribution in [3.05, 3.63) is 77.9 Å². The topological polar surface area (TPSA) is 12.0 Å². The lowest BCUT2D eigenvalue weighted by molar-refractivity contribution is 0.568. The van der Waals surface area contributed by atoms with E-state index in [1.54, 1.807) is 5.56 Å². The van der Waals surface area contributed by atoms with Crippen molar-refractivity contribution in [3.8, 4) is 0 Å². The number of rotatable bonds is 16. The molecule has 0 heterocycles. The lowest BCUT2D eigenvalue weighted by Gasteiger charge is -2.24. The zero-order valence-electron chi connectivity index (χ0n) is 21.1. The highest BCUT2D eigenvalue weighted by molar-refractivity contribution is 5.93. The molecule has 0 aliphatic carbocycles. The van der Waals surface area contributed by atoms with Gasteiger partial charge in [-0.15, -0.1) is 0 Å². The summed E-state index contributed by atoms with van der Waals surface area (Å²) in [6, 6.07) is 25.0. The highest BCUT2D eigenvalue weighted by Crippen LogP contribution is 2.32. The van der Waals surface area contributed by atoms with Gasteiger partial charge < -0.3 is 5.32 Å². The Balaban J connectivity index is 1.75. The molecule has 33 heavy (non-hydrogen) atoms. The van der Waals surface area contributed by atoms with Crippen LogP contribution >= 0.6 is 0 Å². The average molecular weight is 444 g/mol. The second-order valence-corrected chi connectivity index (χ2v) is 9.64. The molecule has 178 valence electrons. The van der Waals surface area contributed by atoms with Crippen LogP contribution < -0.4 is 5.32 Å². The van der Waals surface area contributed by atoms with Crippen molar-refractivity contribution in [2.45, 2.75) is 103 Å². The fourth-order valence-electron chi connectivity index (χ4n) is 4.99. The molecule has 0 radical (unpaired) electrons. The van der Waals surface area contributed by atoms with Crippen LogP contribution in [0.5, 0.6) is 0 Å². The van der Waals surface area contributed by atoms with E-state index in [4.69, 9.17) is 0 Å². The van der Waals surface area contributed by atoms with Crippen molar-refractivity contribution in [2.24, 2.45) is 0 Å². The number of nitrogens with one attached hydrogen (secondary N) is 1. The van der Waals surface area contributed by atoms with Crippen LogP contribution in [0.2, 0.25) is 0 Å². The normalized spacial score (nSPS) is 12.2. The lowest BCUT2D eigenvalue weighted by atomic mass is 9.92. The van der Waals surface area contributed by atoms with Crippen LogP contribution in [0.15, 0.2) is 66.7 Å². The average Bonchev–Trinajstić information content (AvgIpc) is 2.86. The van der Waals surface area contributed by atoms with E-state index in [1.165, 1.54) is 105 Å². The van der Waals surface area contributed by atoms with Gasteiger partial charge in [-0.05, 0) is 41.8 Å². The smallest absolute Gasteiger partial charge is 0.0516 e. The van der Waals surface area contributed by atoms with Crippen molar-refractivity contribution in [3.63, 3.8) is 0 Å². The predicted octanol–water partition coefficient (Wildman–Crippen LogP) is 10.3. The van der Waals surface area contributed by atoms with Gasteiger partial charge in [-0.3, -0.25) is 0 Å². The molecule has 1 N–H and O–H groups in total. The second-order valence-electron chi connectivity index (χ2n) is 9.64. The summed E-state index contributed by atoms with van der Waals surface area (Å²) in [5.74, 6) is 0. The van der Waals surface area contributed by atoms with E-state index in [2.05, 4.69) is 85.9 Å². The molecule has 0 amide bonds. The van der Waals surface area contributed by atoms with Gasteiger partial charge in [-0.25, -0.2) is 0 Å². The van der Waals surface area contributed by atoms with E-state index in [9.17, 15) is 0 Å². The minimum Gasteiger partial charge on any atom is -0.378 e. The molecule has 1 unspecified atom stereocenters. The Kier molecular flexibility index (Phi) is 11.4. The monoisotopic (exact) mass is 443 g/mol. The number of anilines is 1. The summed E-state index contributed by atoms with van der Waals surface area (Å²) in [5.41, 5.74) is 4.31. The quantitative estimate of drug-likeness (QED) is 0.217. The number of benzene rings is 3. The molecular weight excluding hydrogens is 398 g/mol. The van der Waals surface area contributed by atoms with Crippen LogP contribution in [0.1, 0.15) is 108 Å². The Morgan fingerprint density at radius 1 is 0.606 bits per heavy atom. The van der Waals surface area contributed by atoms with Crippen LogP contribution in [0, 0.1) is 0 Å². The van der Waals surface area contributed by atoms with Gasteiger partial charge in [0.1, 0.15) is 0 Å². The van der Waals surface area contributed by atoms with Gasteiger partial charge >= 0.3 is 0 Å². The third kappa shape index (κ3) is 8.22. The zero-order valence-corrected chi connectivity index (χ0v) is 21.1. The van der Waals surface area contributed by atoms with Crippen LogP contribution in [0.25, 0.3) is 10.8 Å². The van der Waals surface area contributed by atoms with Gasteiger partial charge in [0.25, 0.3) is 0 Å². The van der Waals surface area contributed by atoms with Crippen LogP contribution in [-0.4, -0.2) is 0 Å². The molecule has 1 atom stereocenters. The minimum atomic E-state index is 0.369. The first kappa shape index (κ1) is 25.3. The molecule has 0 bridgehead atoms. The molecule has 0 fully saturated rings. The van der Waals surface area contributed by atoms with Gasteiger partial charge in [-0.2, -0.15) is 0 Å². The molecule has 0 aliphatic rings. The molecular formula is C32H45N. The van der Waals surface area contributed by atoms with Crippen molar-refractivity contribution >= 4 is 16.5 Å². The SMILES string of the molecule is CCCCCCCCc1ccccc1C(CCCCCCC)Nc1cccc2ccccc12. The minimum absolute atomic E-state index is 0.369. The third-order valence-corrected chi connectivity index (χ3v) is 6.95. The third-order valence-electron chi connectivity index (χ3n) is 6.95. The Hall–Kier alpha value is -2.28. The van der Waals surface area contributed by atoms with Gasteiger partial charge in [-0.1, -0.05) is 139 Å². The van der Waals surface area contributed by atoms with E-state index in [0.717, 1.165) is 0 Å². The molecule has 0 spiro atoms. The maximum atomic E-state index is 3.99. The number of aryl methyl sites for hydroxylation is 1. The molecule has 3 aromatic carbocycles. The van der Waals surface area contributed by atoms with Crippen molar-refractivity contribution in [2.75, 3.05) is 5.32 Å². The first-order chi connectivity index (χ1) is 16.3. The fourth-order valence-corrected chi connectivity index (χ4v) is 4.99. The molecule has 1 nitrogen and oxygen atoms in total. The van der Waals surface area contributed by atoms with E-state index in [1.807, 2.05) is 0 Å². The number of unbranched alkanes of at least 4 members (excludes halogenated alkanes) is 9. The Morgan fingerprint density at radius 3 is 2.06 bits per heavy atom. The molecule has 0 saturated heterocycles. The Bertz CT molecular complexity index is 923. The van der Waals surface area contributed by atoms with Crippen LogP contribution in [0.3, 0.4) is 0 Å². The summed E-state index contributed by atoms with van der Waals surface area (Å²) in [6.07, 6.45) is 17.2. The van der Waals surface area contributed by atoms with Crippen molar-refractivity contribution < 1.29 is 0 Å². The van der Waals surface area contributed by atoms with E-state index < -0.39 is 0 Å². The molecule has 1 heteroatoms. The molecule has 0 saturated carbocycles. The second kappa shape index (κ2) is 14.8. The molecule has 0 aromatic heterocycles. The first-order valence-corrected chi connectivity index (χ1v) is 13.7. The zero-order chi connectivity index (χ0) is 23.1. The Morgan fingerprint density at radius 2 is 1.24 bits per heavy atom. The number of fused-ring (bicyclic) bond motifs is 1. The molecule has 3 rings (SSSR count). The molecule has 0 aliphatic heterocycles. The largest absolute Gasteiger partial charge is 0.378 e. The van der Waals surface area contributed by atoms with E-state index in [0.29, 0.717) is 6.04 Å². The maximum Gasteiger partial charge on any atom is 0.0516 e. The maximum absolute atomic E-state index is 3.99. The number of hydrogen-bond acceptors (Lipinski definition) is 1. The van der Waals surface area contributed by atoms with Gasteiger partial charge in [0, 0.05) is 11.1 Å². The van der Waals surface area contributed by atoms with Gasteiger partial charge in [0.2, 0.25) is 0 Å². The summed E-state index contributed by atoms with van der Waals surface area (Å²) in [4.78, 5) is 0. The van der Waals surface area contributed by atoms with Gasteiger partial charge in [0.05, 0.1) is 6.04 Å². The lowest BCUT2D eigenvalue weighted by Crippen LogP contribution is -2.13. The summed E-state index contributed by atoms with van der Waals surface area (Å²) >= 11 is 0. The first-order valence-electron chi connectivity index (χ1n) is 13.7. The summed E-state index contributed by atoms with van der Waals surface area (Å²) < 4.78 is 0. The number of hydrogen-bond donors (Lipinski definition) is 1. The summed E-state index contributed by atoms with van der Waals surface area (Å²) in [5, 5.41) is 6.62. The predicted molar refractivity (Wildman–Crippen MR) is 147 cm³/mol. The van der Waals surface area contributed by atoms with Crippen molar-refractivity contribution in [1.82, 2.24) is 0 Å². The summed E-state index contributed by atoms with van der Waals surface area (Å²) in [6.45, 7) is 4.59. The molecule has 3 aromatic rings. The standard InChI is InChI=1S/C32H45N/c1-3-5-7-9-11-12-19-27-20-14-16-23-29(27)31(25-13-10-8-6-4-2)33-32-26-18-22-28-21-15-17-24-30(28)32/h14-18,20-24,26,31,33H,3-13,19,25H2,1-2H3. The van der Waals surface area contributed by atoms with Crippen molar-refractivity contribution in [1.29, 1.82) is 0 Å².